The first kappa shape index (κ1) is 16.1. The van der Waals surface area contributed by atoms with Gasteiger partial charge in [0.25, 0.3) is 0 Å². The molecule has 0 fully saturated rings. The lowest BCUT2D eigenvalue weighted by Gasteiger charge is -2.15. The monoisotopic (exact) mass is 321 g/mol. The van der Waals surface area contributed by atoms with Gasteiger partial charge in [0, 0.05) is 10.9 Å². The summed E-state index contributed by atoms with van der Waals surface area (Å²) in [6.45, 7) is 3.78. The van der Waals surface area contributed by atoms with Gasteiger partial charge in [0.05, 0.1) is 4.90 Å². The van der Waals surface area contributed by atoms with Crippen LogP contribution in [0.25, 0.3) is 0 Å². The average Bonchev–Trinajstić information content (AvgIpc) is 2.47. The maximum absolute atomic E-state index is 12.3. The average molecular weight is 321 g/mol. The smallest absolute Gasteiger partial charge is 0.207 e. The molecule has 0 aliphatic carbocycles. The number of hydrogen-bond donors (Lipinski definition) is 1. The van der Waals surface area contributed by atoms with E-state index < -0.39 is 10.0 Å². The van der Waals surface area contributed by atoms with Crippen molar-refractivity contribution in [2.75, 3.05) is 6.26 Å². The summed E-state index contributed by atoms with van der Waals surface area (Å²) < 4.78 is 27.4. The van der Waals surface area contributed by atoms with Crippen LogP contribution >= 0.6 is 11.8 Å². The predicted molar refractivity (Wildman–Crippen MR) is 88.1 cm³/mol. The summed E-state index contributed by atoms with van der Waals surface area (Å²) >= 11 is 1.66. The maximum atomic E-state index is 12.3. The Morgan fingerprint density at radius 3 is 2.10 bits per heavy atom. The highest BCUT2D eigenvalue weighted by Crippen LogP contribution is 2.21. The number of rotatable bonds is 5. The van der Waals surface area contributed by atoms with Gasteiger partial charge in [0.1, 0.15) is 0 Å². The zero-order valence-corrected chi connectivity index (χ0v) is 14.0. The number of thioether (sulfide) groups is 1. The van der Waals surface area contributed by atoms with E-state index in [1.807, 2.05) is 44.4 Å². The molecule has 0 saturated heterocycles. The minimum absolute atomic E-state index is 0.271. The molecule has 1 N–H and O–H groups in total. The van der Waals surface area contributed by atoms with E-state index in [4.69, 9.17) is 0 Å². The van der Waals surface area contributed by atoms with E-state index in [2.05, 4.69) is 4.72 Å². The van der Waals surface area contributed by atoms with Crippen molar-refractivity contribution in [3.8, 4) is 0 Å². The van der Waals surface area contributed by atoms with Crippen molar-refractivity contribution in [2.24, 2.45) is 0 Å². The lowest BCUT2D eigenvalue weighted by molar-refractivity contribution is 0.567. The summed E-state index contributed by atoms with van der Waals surface area (Å²) in [7, 11) is -3.50. The van der Waals surface area contributed by atoms with Gasteiger partial charge in [0.2, 0.25) is 10.0 Å². The van der Waals surface area contributed by atoms with Crippen molar-refractivity contribution in [2.45, 2.75) is 29.7 Å². The van der Waals surface area contributed by atoms with Crippen molar-refractivity contribution in [3.05, 3.63) is 59.7 Å². The molecule has 2 aromatic rings. The van der Waals surface area contributed by atoms with E-state index in [1.54, 1.807) is 36.0 Å². The Labute approximate surface area is 130 Å². The molecule has 0 aliphatic heterocycles. The van der Waals surface area contributed by atoms with Crippen LogP contribution in [0.3, 0.4) is 0 Å². The van der Waals surface area contributed by atoms with E-state index in [1.165, 1.54) is 0 Å². The SMILES string of the molecule is CSc1ccc([C@@H](C)NS(=O)(=O)c2ccc(C)cc2)cc1. The highest BCUT2D eigenvalue weighted by molar-refractivity contribution is 7.98. The van der Waals surface area contributed by atoms with Crippen LogP contribution in [0, 0.1) is 6.92 Å². The molecule has 1 atom stereocenters. The van der Waals surface area contributed by atoms with Crippen LogP contribution in [0.1, 0.15) is 24.1 Å². The quantitative estimate of drug-likeness (QED) is 0.853. The highest BCUT2D eigenvalue weighted by Gasteiger charge is 2.18. The summed E-state index contributed by atoms with van der Waals surface area (Å²) in [5, 5.41) is 0. The fourth-order valence-corrected chi connectivity index (χ4v) is 3.62. The largest absolute Gasteiger partial charge is 0.241 e. The standard InChI is InChI=1S/C16H19NO2S2/c1-12-4-10-16(11-5-12)21(18,19)17-13(2)14-6-8-15(20-3)9-7-14/h4-11,13,17H,1-3H3/t13-/m1/s1. The number of aryl methyl sites for hydroxylation is 1. The molecule has 0 unspecified atom stereocenters. The molecule has 0 spiro atoms. The van der Waals surface area contributed by atoms with Crippen molar-refractivity contribution in [1.82, 2.24) is 4.72 Å². The summed E-state index contributed by atoms with van der Waals surface area (Å²) in [4.78, 5) is 1.45. The summed E-state index contributed by atoms with van der Waals surface area (Å²) in [5.41, 5.74) is 1.98. The van der Waals surface area contributed by atoms with E-state index in [9.17, 15) is 8.42 Å². The van der Waals surface area contributed by atoms with Gasteiger partial charge in [-0.2, -0.15) is 0 Å². The first-order chi connectivity index (χ1) is 9.92. The van der Waals surface area contributed by atoms with E-state index in [0.29, 0.717) is 4.90 Å². The third-order valence-electron chi connectivity index (χ3n) is 3.28. The fourth-order valence-electron chi connectivity index (χ4n) is 1.98. The second-order valence-electron chi connectivity index (χ2n) is 4.93. The van der Waals surface area contributed by atoms with Gasteiger partial charge < -0.3 is 0 Å². The predicted octanol–water partition coefficient (Wildman–Crippen LogP) is 3.76. The number of benzene rings is 2. The van der Waals surface area contributed by atoms with Gasteiger partial charge in [-0.3, -0.25) is 0 Å². The van der Waals surface area contributed by atoms with Gasteiger partial charge in [-0.1, -0.05) is 29.8 Å². The summed E-state index contributed by atoms with van der Waals surface area (Å²) in [5.74, 6) is 0. The lowest BCUT2D eigenvalue weighted by atomic mass is 10.1. The van der Waals surface area contributed by atoms with Gasteiger partial charge >= 0.3 is 0 Å². The molecule has 0 aromatic heterocycles. The molecular formula is C16H19NO2S2. The first-order valence-electron chi connectivity index (χ1n) is 6.65. The van der Waals surface area contributed by atoms with E-state index >= 15 is 0 Å². The minimum Gasteiger partial charge on any atom is -0.207 e. The molecule has 0 radical (unpaired) electrons. The molecule has 2 aromatic carbocycles. The Morgan fingerprint density at radius 2 is 1.57 bits per heavy atom. The summed E-state index contributed by atoms with van der Waals surface area (Å²) in [6, 6.07) is 14.5. The lowest BCUT2D eigenvalue weighted by Crippen LogP contribution is -2.26. The van der Waals surface area contributed by atoms with Crippen LogP contribution in [0.2, 0.25) is 0 Å². The van der Waals surface area contributed by atoms with Crippen molar-refractivity contribution < 1.29 is 8.42 Å². The second kappa shape index (κ2) is 6.64. The first-order valence-corrected chi connectivity index (χ1v) is 9.36. The van der Waals surface area contributed by atoms with Crippen molar-refractivity contribution in [3.63, 3.8) is 0 Å². The maximum Gasteiger partial charge on any atom is 0.241 e. The van der Waals surface area contributed by atoms with Gasteiger partial charge in [-0.05, 0) is 49.9 Å². The molecule has 0 saturated carbocycles. The van der Waals surface area contributed by atoms with Crippen LogP contribution in [0.15, 0.2) is 58.3 Å². The fraction of sp³-hybridized carbons (Fsp3) is 0.250. The van der Waals surface area contributed by atoms with Crippen molar-refractivity contribution >= 4 is 21.8 Å². The third-order valence-corrected chi connectivity index (χ3v) is 5.58. The molecule has 2 rings (SSSR count). The van der Waals surface area contributed by atoms with Crippen LogP contribution in [-0.2, 0) is 10.0 Å². The molecule has 3 nitrogen and oxygen atoms in total. The van der Waals surface area contributed by atoms with Crippen LogP contribution < -0.4 is 4.72 Å². The molecule has 21 heavy (non-hydrogen) atoms. The van der Waals surface area contributed by atoms with Gasteiger partial charge in [-0.25, -0.2) is 13.1 Å². The molecule has 0 amide bonds. The van der Waals surface area contributed by atoms with Crippen LogP contribution in [-0.4, -0.2) is 14.7 Å². The third kappa shape index (κ3) is 4.09. The molecule has 112 valence electrons. The Balaban J connectivity index is 2.17. The van der Waals surface area contributed by atoms with E-state index in [0.717, 1.165) is 16.0 Å². The van der Waals surface area contributed by atoms with Gasteiger partial charge in [0.15, 0.2) is 0 Å². The Kier molecular flexibility index (Phi) is 5.08. The highest BCUT2D eigenvalue weighted by atomic mass is 32.2. The Bertz CT molecular complexity index is 692. The minimum atomic E-state index is -3.50. The Morgan fingerprint density at radius 1 is 1.00 bits per heavy atom. The normalized spacial score (nSPS) is 13.1. The molecular weight excluding hydrogens is 302 g/mol. The second-order valence-corrected chi connectivity index (χ2v) is 7.52. The van der Waals surface area contributed by atoms with Crippen LogP contribution in [0.5, 0.6) is 0 Å². The zero-order valence-electron chi connectivity index (χ0n) is 12.3. The molecule has 5 heteroatoms. The number of sulfonamides is 1. The van der Waals surface area contributed by atoms with E-state index in [-0.39, 0.29) is 6.04 Å². The Hall–Kier alpha value is -1.30. The zero-order chi connectivity index (χ0) is 15.5. The molecule has 0 aliphatic rings. The number of nitrogens with one attached hydrogen (secondary N) is 1. The molecule has 0 heterocycles. The topological polar surface area (TPSA) is 46.2 Å². The number of hydrogen-bond acceptors (Lipinski definition) is 3. The van der Waals surface area contributed by atoms with Crippen molar-refractivity contribution in [1.29, 1.82) is 0 Å². The molecule has 0 bridgehead atoms. The van der Waals surface area contributed by atoms with Gasteiger partial charge in [-0.15, -0.1) is 11.8 Å². The summed E-state index contributed by atoms with van der Waals surface area (Å²) in [6.07, 6.45) is 2.01. The van der Waals surface area contributed by atoms with Crippen LogP contribution in [0.4, 0.5) is 0 Å².